The van der Waals surface area contributed by atoms with E-state index in [9.17, 15) is 14.4 Å². The summed E-state index contributed by atoms with van der Waals surface area (Å²) in [6.45, 7) is 5.56. The van der Waals surface area contributed by atoms with Crippen molar-refractivity contribution < 1.29 is 9.59 Å². The van der Waals surface area contributed by atoms with E-state index < -0.39 is 11.3 Å². The molecule has 0 aliphatic rings. The van der Waals surface area contributed by atoms with Crippen molar-refractivity contribution in [1.82, 2.24) is 20.6 Å². The smallest absolute Gasteiger partial charge is 0.321 e. The molecule has 7 nitrogen and oxygen atoms in total. The third kappa shape index (κ3) is 3.91. The lowest BCUT2D eigenvalue weighted by atomic mass is 10.2. The van der Waals surface area contributed by atoms with Crippen molar-refractivity contribution in [2.75, 3.05) is 7.05 Å². The first kappa shape index (κ1) is 17.5. The first-order valence-electron chi connectivity index (χ1n) is 6.96. The number of fused-ring (bicyclic) bond motifs is 1. The Hall–Kier alpha value is -1.87. The maximum atomic E-state index is 12.2. The number of aromatic amines is 1. The number of imide groups is 1. The quantitative estimate of drug-likeness (QED) is 0.775. The number of aromatic nitrogens is 2. The normalized spacial score (nSPS) is 12.2. The Morgan fingerprint density at radius 3 is 2.74 bits per heavy atom. The number of hydrogen-bond acceptors (Lipinski definition) is 6. The standard InChI is InChI=1S/C14H18N4O3S2/c1-6-7(2)23-13-10(6)12(20)16-9(17-13)5-22-8(3)11(19)18-14(21)15-4/h8H,5H2,1-4H3,(H,16,17,20)(H2,15,18,19,21)/t8-/m0/s1. The van der Waals surface area contributed by atoms with Gasteiger partial charge in [0.1, 0.15) is 10.7 Å². The van der Waals surface area contributed by atoms with Gasteiger partial charge in [-0.05, 0) is 26.3 Å². The number of nitrogens with zero attached hydrogens (tertiary/aromatic N) is 1. The number of hydrogen-bond donors (Lipinski definition) is 3. The van der Waals surface area contributed by atoms with Gasteiger partial charge in [-0.2, -0.15) is 0 Å². The fourth-order valence-electron chi connectivity index (χ4n) is 1.92. The first-order valence-corrected chi connectivity index (χ1v) is 8.83. The Labute approximate surface area is 141 Å². The van der Waals surface area contributed by atoms with Crippen molar-refractivity contribution >= 4 is 45.3 Å². The third-order valence-electron chi connectivity index (χ3n) is 3.39. The summed E-state index contributed by atoms with van der Waals surface area (Å²) in [7, 11) is 1.44. The Balaban J connectivity index is 2.09. The molecule has 3 amide bonds. The second kappa shape index (κ2) is 7.14. The van der Waals surface area contributed by atoms with E-state index in [-0.39, 0.29) is 11.5 Å². The van der Waals surface area contributed by atoms with E-state index in [1.54, 1.807) is 6.92 Å². The maximum Gasteiger partial charge on any atom is 0.321 e. The SMILES string of the molecule is CNC(=O)NC(=O)[C@H](C)SCc1nc2sc(C)c(C)c2c(=O)[nH]1. The second-order valence-corrected chi connectivity index (χ2v) is 7.53. The van der Waals surface area contributed by atoms with Crippen molar-refractivity contribution in [2.24, 2.45) is 0 Å². The van der Waals surface area contributed by atoms with Crippen molar-refractivity contribution in [3.63, 3.8) is 0 Å². The van der Waals surface area contributed by atoms with Gasteiger partial charge in [-0.1, -0.05) is 0 Å². The molecule has 0 bridgehead atoms. The van der Waals surface area contributed by atoms with Crippen LogP contribution in [0, 0.1) is 13.8 Å². The van der Waals surface area contributed by atoms with Gasteiger partial charge < -0.3 is 10.3 Å². The molecule has 2 rings (SSSR count). The molecule has 0 aliphatic carbocycles. The summed E-state index contributed by atoms with van der Waals surface area (Å²) in [5.41, 5.74) is 0.797. The van der Waals surface area contributed by atoms with Gasteiger partial charge in [-0.15, -0.1) is 23.1 Å². The number of aryl methyl sites for hydroxylation is 2. The largest absolute Gasteiger partial charge is 0.341 e. The van der Waals surface area contributed by atoms with Gasteiger partial charge in [-0.3, -0.25) is 14.9 Å². The van der Waals surface area contributed by atoms with Crippen LogP contribution in [-0.4, -0.2) is 34.2 Å². The van der Waals surface area contributed by atoms with Crippen LogP contribution in [0.1, 0.15) is 23.2 Å². The molecule has 2 aromatic heterocycles. The number of thiophene rings is 1. The molecule has 9 heteroatoms. The molecule has 1 atom stereocenters. The van der Waals surface area contributed by atoms with Crippen LogP contribution in [0.3, 0.4) is 0 Å². The van der Waals surface area contributed by atoms with Crippen molar-refractivity contribution in [2.45, 2.75) is 31.8 Å². The molecule has 0 aromatic carbocycles. The number of thioether (sulfide) groups is 1. The number of H-pyrrole nitrogens is 1. The summed E-state index contributed by atoms with van der Waals surface area (Å²) in [5.74, 6) is 0.512. The Morgan fingerprint density at radius 1 is 1.39 bits per heavy atom. The monoisotopic (exact) mass is 354 g/mol. The summed E-state index contributed by atoms with van der Waals surface area (Å²) >= 11 is 2.78. The minimum atomic E-state index is -0.542. The fraction of sp³-hybridized carbons (Fsp3) is 0.429. The second-order valence-electron chi connectivity index (χ2n) is 5.00. The average molecular weight is 354 g/mol. The molecule has 0 aliphatic heterocycles. The number of rotatable bonds is 4. The Kier molecular flexibility index (Phi) is 5.42. The fourth-order valence-corrected chi connectivity index (χ4v) is 3.73. The molecule has 0 unspecified atom stereocenters. The average Bonchev–Trinajstić information content (AvgIpc) is 2.79. The maximum absolute atomic E-state index is 12.2. The van der Waals surface area contributed by atoms with Crippen molar-refractivity contribution in [3.05, 3.63) is 26.6 Å². The van der Waals surface area contributed by atoms with E-state index >= 15 is 0 Å². The predicted molar refractivity (Wildman–Crippen MR) is 93.1 cm³/mol. The molecule has 124 valence electrons. The minimum Gasteiger partial charge on any atom is -0.341 e. The first-order chi connectivity index (χ1) is 10.8. The van der Waals surface area contributed by atoms with Gasteiger partial charge >= 0.3 is 6.03 Å². The summed E-state index contributed by atoms with van der Waals surface area (Å²) in [6.07, 6.45) is 0. The topological polar surface area (TPSA) is 104 Å². The van der Waals surface area contributed by atoms with E-state index in [4.69, 9.17) is 0 Å². The van der Waals surface area contributed by atoms with E-state index in [1.807, 2.05) is 13.8 Å². The van der Waals surface area contributed by atoms with Gasteiger partial charge in [0.15, 0.2) is 0 Å². The van der Waals surface area contributed by atoms with E-state index in [0.29, 0.717) is 21.8 Å². The molecule has 2 aromatic rings. The van der Waals surface area contributed by atoms with Crippen LogP contribution in [0.4, 0.5) is 4.79 Å². The molecule has 23 heavy (non-hydrogen) atoms. The molecular weight excluding hydrogens is 336 g/mol. The molecule has 0 fully saturated rings. The highest BCUT2D eigenvalue weighted by atomic mass is 32.2. The predicted octanol–water partition coefficient (Wildman–Crippen LogP) is 1.68. The van der Waals surface area contributed by atoms with Crippen LogP contribution in [0.15, 0.2) is 4.79 Å². The van der Waals surface area contributed by atoms with Crippen LogP contribution >= 0.6 is 23.1 Å². The van der Waals surface area contributed by atoms with E-state index in [1.165, 1.54) is 30.1 Å². The van der Waals surface area contributed by atoms with Crippen LogP contribution in [0.25, 0.3) is 10.2 Å². The zero-order valence-corrected chi connectivity index (χ0v) is 14.9. The number of carbonyl (C=O) groups excluding carboxylic acids is 2. The number of nitrogens with one attached hydrogen (secondary N) is 3. The Bertz CT molecular complexity index is 812. The zero-order chi connectivity index (χ0) is 17.1. The highest BCUT2D eigenvalue weighted by molar-refractivity contribution is 7.99. The van der Waals surface area contributed by atoms with E-state index in [2.05, 4.69) is 20.6 Å². The molecule has 0 radical (unpaired) electrons. The number of amides is 3. The van der Waals surface area contributed by atoms with Gasteiger partial charge in [0.05, 0.1) is 16.4 Å². The lowest BCUT2D eigenvalue weighted by Crippen LogP contribution is -2.41. The highest BCUT2D eigenvalue weighted by Crippen LogP contribution is 2.26. The zero-order valence-electron chi connectivity index (χ0n) is 13.3. The summed E-state index contributed by atoms with van der Waals surface area (Å²) in [6, 6.07) is -0.542. The van der Waals surface area contributed by atoms with Gasteiger partial charge in [-0.25, -0.2) is 9.78 Å². The lowest BCUT2D eigenvalue weighted by Gasteiger charge is -2.10. The van der Waals surface area contributed by atoms with E-state index in [0.717, 1.165) is 10.4 Å². The van der Waals surface area contributed by atoms with Crippen LogP contribution < -0.4 is 16.2 Å². The van der Waals surface area contributed by atoms with Crippen molar-refractivity contribution in [1.29, 1.82) is 0 Å². The van der Waals surface area contributed by atoms with Crippen LogP contribution in [-0.2, 0) is 10.5 Å². The van der Waals surface area contributed by atoms with Gasteiger partial charge in [0, 0.05) is 11.9 Å². The highest BCUT2D eigenvalue weighted by Gasteiger charge is 2.17. The van der Waals surface area contributed by atoms with Crippen molar-refractivity contribution in [3.8, 4) is 0 Å². The third-order valence-corrected chi connectivity index (χ3v) is 5.65. The minimum absolute atomic E-state index is 0.157. The van der Waals surface area contributed by atoms with Gasteiger partial charge in [0.2, 0.25) is 5.91 Å². The lowest BCUT2D eigenvalue weighted by molar-refractivity contribution is -0.119. The molecule has 0 saturated carbocycles. The molecule has 2 heterocycles. The number of urea groups is 1. The number of carbonyl (C=O) groups is 2. The van der Waals surface area contributed by atoms with Crippen LogP contribution in [0.2, 0.25) is 0 Å². The molecule has 0 saturated heterocycles. The summed E-state index contributed by atoms with van der Waals surface area (Å²) in [5, 5.41) is 4.73. The summed E-state index contributed by atoms with van der Waals surface area (Å²) in [4.78, 5) is 44.1. The Morgan fingerprint density at radius 2 is 2.09 bits per heavy atom. The molecule has 3 N–H and O–H groups in total. The summed E-state index contributed by atoms with van der Waals surface area (Å²) < 4.78 is 0. The molecule has 0 spiro atoms. The van der Waals surface area contributed by atoms with Crippen LogP contribution in [0.5, 0.6) is 0 Å². The van der Waals surface area contributed by atoms with Gasteiger partial charge in [0.25, 0.3) is 5.56 Å². The molecular formula is C14H18N4O3S2.